The number of nitrogens with one attached hydrogen (secondary N) is 1. The highest BCUT2D eigenvalue weighted by Crippen LogP contribution is 2.26. The molecule has 5 nitrogen and oxygen atoms in total. The van der Waals surface area contributed by atoms with Crippen LogP contribution in [0, 0.1) is 0 Å². The van der Waals surface area contributed by atoms with E-state index >= 15 is 0 Å². The molecule has 1 unspecified atom stereocenters. The maximum absolute atomic E-state index is 12.0. The van der Waals surface area contributed by atoms with E-state index in [0.717, 1.165) is 11.1 Å². The van der Waals surface area contributed by atoms with Crippen LogP contribution in [0.1, 0.15) is 20.8 Å². The number of rotatable bonds is 6. The van der Waals surface area contributed by atoms with E-state index in [1.54, 1.807) is 0 Å². The van der Waals surface area contributed by atoms with E-state index in [-0.39, 0.29) is 12.0 Å². The predicted octanol–water partition coefficient (Wildman–Crippen LogP) is 2.85. The molecule has 1 aromatic heterocycles. The van der Waals surface area contributed by atoms with Crippen molar-refractivity contribution in [1.29, 1.82) is 0 Å². The van der Waals surface area contributed by atoms with Crippen LogP contribution in [0.3, 0.4) is 0 Å². The third kappa shape index (κ3) is 3.77. The van der Waals surface area contributed by atoms with Crippen LogP contribution in [0.2, 0.25) is 0 Å². The molecular formula is C15H20N2O3S. The Hall–Kier alpha value is -1.53. The Morgan fingerprint density at radius 3 is 2.81 bits per heavy atom. The van der Waals surface area contributed by atoms with Crippen LogP contribution in [-0.4, -0.2) is 35.4 Å². The van der Waals surface area contributed by atoms with Gasteiger partial charge in [0.05, 0.1) is 7.11 Å². The van der Waals surface area contributed by atoms with E-state index in [0.29, 0.717) is 11.0 Å². The maximum atomic E-state index is 12.0. The number of hydrogen-bond donors (Lipinski definition) is 1. The molecule has 6 heteroatoms. The smallest absolute Gasteiger partial charge is 0.326 e. The van der Waals surface area contributed by atoms with Gasteiger partial charge >= 0.3 is 5.97 Å². The Labute approximate surface area is 128 Å². The second-order valence-electron chi connectivity index (χ2n) is 5.36. The monoisotopic (exact) mass is 308 g/mol. The first-order valence-electron chi connectivity index (χ1n) is 6.79. The van der Waals surface area contributed by atoms with E-state index in [9.17, 15) is 4.79 Å². The molecule has 0 radical (unpaired) electrons. The number of esters is 1. The molecule has 2 rings (SSSR count). The number of nitrogens with zero attached hydrogens (tertiary/aromatic N) is 1. The number of carbonyl (C=O) groups excluding carboxylic acids is 1. The van der Waals surface area contributed by atoms with Crippen LogP contribution >= 0.6 is 11.8 Å². The molecule has 114 valence electrons. The maximum Gasteiger partial charge on any atom is 0.326 e. The minimum Gasteiger partial charge on any atom is -0.468 e. The summed E-state index contributed by atoms with van der Waals surface area (Å²) < 4.78 is 10.6. The third-order valence-corrected chi connectivity index (χ3v) is 4.15. The number of ether oxygens (including phenoxy) is 1. The van der Waals surface area contributed by atoms with Crippen molar-refractivity contribution in [2.24, 2.45) is 0 Å². The number of aromatic nitrogens is 1. The molecule has 1 N–H and O–H groups in total. The second kappa shape index (κ2) is 6.49. The van der Waals surface area contributed by atoms with E-state index in [2.05, 4.69) is 10.3 Å². The van der Waals surface area contributed by atoms with Gasteiger partial charge in [-0.25, -0.2) is 4.98 Å². The van der Waals surface area contributed by atoms with Gasteiger partial charge < -0.3 is 9.15 Å². The fraction of sp³-hybridized carbons (Fsp3) is 0.467. The van der Waals surface area contributed by atoms with Crippen LogP contribution in [-0.2, 0) is 9.53 Å². The van der Waals surface area contributed by atoms with Crippen molar-refractivity contribution in [3.8, 4) is 0 Å². The van der Waals surface area contributed by atoms with E-state index in [1.165, 1.54) is 18.9 Å². The number of oxazole rings is 1. The minimum absolute atomic E-state index is 0.165. The SMILES string of the molecule is COC(=O)C(C)(CSc1nc2ccccc2o1)NC(C)C. The molecule has 0 fully saturated rings. The van der Waals surface area contributed by atoms with Crippen LogP contribution < -0.4 is 5.32 Å². The summed E-state index contributed by atoms with van der Waals surface area (Å²) in [5.74, 6) is 0.185. The zero-order chi connectivity index (χ0) is 15.5. The predicted molar refractivity (Wildman–Crippen MR) is 83.4 cm³/mol. The van der Waals surface area contributed by atoms with Crippen molar-refractivity contribution in [3.05, 3.63) is 24.3 Å². The number of benzene rings is 1. The molecule has 0 aliphatic heterocycles. The first-order valence-corrected chi connectivity index (χ1v) is 7.77. The summed E-state index contributed by atoms with van der Waals surface area (Å²) in [4.78, 5) is 16.4. The Bertz CT molecular complexity index is 593. The molecule has 0 saturated carbocycles. The summed E-state index contributed by atoms with van der Waals surface area (Å²) in [6.07, 6.45) is 0. The quantitative estimate of drug-likeness (QED) is 0.654. The number of hydrogen-bond acceptors (Lipinski definition) is 6. The van der Waals surface area contributed by atoms with Gasteiger partial charge in [-0.2, -0.15) is 0 Å². The van der Waals surface area contributed by atoms with E-state index < -0.39 is 5.54 Å². The van der Waals surface area contributed by atoms with Crippen molar-refractivity contribution < 1.29 is 13.9 Å². The Morgan fingerprint density at radius 2 is 2.19 bits per heavy atom. The van der Waals surface area contributed by atoms with Crippen LogP contribution in [0.25, 0.3) is 11.1 Å². The third-order valence-electron chi connectivity index (χ3n) is 3.00. The highest BCUT2D eigenvalue weighted by atomic mass is 32.2. The van der Waals surface area contributed by atoms with Gasteiger partial charge in [-0.1, -0.05) is 23.9 Å². The lowest BCUT2D eigenvalue weighted by molar-refractivity contribution is -0.147. The van der Waals surface area contributed by atoms with Gasteiger partial charge in [-0.15, -0.1) is 0 Å². The Morgan fingerprint density at radius 1 is 1.48 bits per heavy atom. The number of carbonyl (C=O) groups is 1. The highest BCUT2D eigenvalue weighted by molar-refractivity contribution is 7.99. The lowest BCUT2D eigenvalue weighted by Crippen LogP contribution is -2.54. The lowest BCUT2D eigenvalue weighted by atomic mass is 10.0. The largest absolute Gasteiger partial charge is 0.468 e. The summed E-state index contributed by atoms with van der Waals surface area (Å²) in [5, 5.41) is 3.80. The number of thioether (sulfide) groups is 1. The number of para-hydroxylation sites is 2. The first-order chi connectivity index (χ1) is 9.94. The zero-order valence-corrected chi connectivity index (χ0v) is 13.5. The van der Waals surface area contributed by atoms with Crippen molar-refractivity contribution in [1.82, 2.24) is 10.3 Å². The molecule has 1 aromatic carbocycles. The number of methoxy groups -OCH3 is 1. The molecular weight excluding hydrogens is 288 g/mol. The van der Waals surface area contributed by atoms with Gasteiger partial charge in [0.1, 0.15) is 11.1 Å². The zero-order valence-electron chi connectivity index (χ0n) is 12.7. The Kier molecular flexibility index (Phi) is 4.90. The van der Waals surface area contributed by atoms with Crippen molar-refractivity contribution in [3.63, 3.8) is 0 Å². The molecule has 0 spiro atoms. The molecule has 0 amide bonds. The molecule has 0 aliphatic rings. The molecule has 1 heterocycles. The van der Waals surface area contributed by atoms with Gasteiger partial charge in [0.25, 0.3) is 5.22 Å². The molecule has 2 aromatic rings. The molecule has 0 bridgehead atoms. The van der Waals surface area contributed by atoms with E-state index in [4.69, 9.17) is 9.15 Å². The average Bonchev–Trinajstić information content (AvgIpc) is 2.86. The van der Waals surface area contributed by atoms with Crippen molar-refractivity contribution in [2.45, 2.75) is 37.6 Å². The molecule has 21 heavy (non-hydrogen) atoms. The van der Waals surface area contributed by atoms with Gasteiger partial charge in [-0.05, 0) is 32.9 Å². The van der Waals surface area contributed by atoms with Gasteiger partial charge in [0, 0.05) is 11.8 Å². The Balaban J connectivity index is 2.12. The minimum atomic E-state index is -0.783. The topological polar surface area (TPSA) is 64.4 Å². The van der Waals surface area contributed by atoms with Crippen molar-refractivity contribution in [2.75, 3.05) is 12.9 Å². The first kappa shape index (κ1) is 15.9. The van der Waals surface area contributed by atoms with Gasteiger partial charge in [0.2, 0.25) is 0 Å². The summed E-state index contributed by atoms with van der Waals surface area (Å²) >= 11 is 1.40. The summed E-state index contributed by atoms with van der Waals surface area (Å²) in [5.41, 5.74) is 0.780. The van der Waals surface area contributed by atoms with Crippen LogP contribution in [0.15, 0.2) is 33.9 Å². The average molecular weight is 308 g/mol. The van der Waals surface area contributed by atoms with Crippen LogP contribution in [0.4, 0.5) is 0 Å². The lowest BCUT2D eigenvalue weighted by Gasteiger charge is -2.29. The second-order valence-corrected chi connectivity index (χ2v) is 6.29. The summed E-state index contributed by atoms with van der Waals surface area (Å²) in [7, 11) is 1.40. The van der Waals surface area contributed by atoms with Gasteiger partial charge in [0.15, 0.2) is 5.58 Å². The van der Waals surface area contributed by atoms with Crippen LogP contribution in [0.5, 0.6) is 0 Å². The summed E-state index contributed by atoms with van der Waals surface area (Å²) in [6, 6.07) is 7.75. The highest BCUT2D eigenvalue weighted by Gasteiger charge is 2.35. The fourth-order valence-electron chi connectivity index (χ4n) is 2.14. The molecule has 0 aliphatic carbocycles. The standard InChI is InChI=1S/C15H20N2O3S/c1-10(2)17-15(3,13(18)19-4)9-21-14-16-11-7-5-6-8-12(11)20-14/h5-8,10,17H,9H2,1-4H3. The normalized spacial score (nSPS) is 14.3. The number of fused-ring (bicyclic) bond motifs is 1. The van der Waals surface area contributed by atoms with E-state index in [1.807, 2.05) is 45.0 Å². The van der Waals surface area contributed by atoms with Gasteiger partial charge in [-0.3, -0.25) is 10.1 Å². The van der Waals surface area contributed by atoms with Crippen molar-refractivity contribution >= 4 is 28.8 Å². The molecule has 0 saturated heterocycles. The molecule has 1 atom stereocenters. The summed E-state index contributed by atoms with van der Waals surface area (Å²) in [6.45, 7) is 5.81. The fourth-order valence-corrected chi connectivity index (χ4v) is 3.07.